The Hall–Kier alpha value is -3.67. The van der Waals surface area contributed by atoms with Gasteiger partial charge in [0.2, 0.25) is 0 Å². The Balaban J connectivity index is 1.66. The maximum absolute atomic E-state index is 13.7. The first-order chi connectivity index (χ1) is 14.6. The first-order valence-corrected chi connectivity index (χ1v) is 9.50. The van der Waals surface area contributed by atoms with Crippen molar-refractivity contribution in [2.75, 3.05) is 24.7 Å². The van der Waals surface area contributed by atoms with Crippen molar-refractivity contribution < 1.29 is 23.0 Å². The van der Waals surface area contributed by atoms with E-state index in [0.717, 1.165) is 17.7 Å². The van der Waals surface area contributed by atoms with Crippen LogP contribution in [0.5, 0.6) is 11.5 Å². The molecule has 0 radical (unpaired) electrons. The number of ether oxygens (including phenoxy) is 2. The minimum absolute atomic E-state index is 0.0527. The van der Waals surface area contributed by atoms with Crippen LogP contribution in [0.4, 0.5) is 14.5 Å². The molecule has 30 heavy (non-hydrogen) atoms. The highest BCUT2D eigenvalue weighted by Crippen LogP contribution is 2.34. The van der Waals surface area contributed by atoms with Gasteiger partial charge >= 0.3 is 0 Å². The van der Waals surface area contributed by atoms with E-state index in [-0.39, 0.29) is 12.1 Å². The fourth-order valence-electron chi connectivity index (χ4n) is 3.15. The molecule has 0 unspecified atom stereocenters. The largest absolute Gasteiger partial charge is 0.486 e. The number of rotatable bonds is 5. The van der Waals surface area contributed by atoms with E-state index in [1.165, 1.54) is 11.0 Å². The number of fused-ring (bicyclic) bond motifs is 1. The van der Waals surface area contributed by atoms with E-state index in [2.05, 4.69) is 0 Å². The van der Waals surface area contributed by atoms with Crippen molar-refractivity contribution in [2.45, 2.75) is 0 Å². The molecule has 0 saturated carbocycles. The van der Waals surface area contributed by atoms with Crippen LogP contribution >= 0.6 is 0 Å². The molecule has 1 aliphatic rings. The van der Waals surface area contributed by atoms with Crippen LogP contribution in [-0.2, 0) is 0 Å². The number of anilines is 1. The van der Waals surface area contributed by atoms with Crippen molar-refractivity contribution in [2.24, 2.45) is 0 Å². The van der Waals surface area contributed by atoms with Crippen LogP contribution in [0.15, 0.2) is 72.8 Å². The fourth-order valence-corrected chi connectivity index (χ4v) is 3.15. The topological polar surface area (TPSA) is 38.8 Å². The summed E-state index contributed by atoms with van der Waals surface area (Å²) < 4.78 is 38.2. The summed E-state index contributed by atoms with van der Waals surface area (Å²) >= 11 is 0. The molecular weight excluding hydrogens is 388 g/mol. The Morgan fingerprint density at radius 3 is 2.43 bits per heavy atom. The lowest BCUT2D eigenvalue weighted by Gasteiger charge is -2.24. The van der Waals surface area contributed by atoms with Gasteiger partial charge in [0.05, 0.1) is 0 Å². The third kappa shape index (κ3) is 4.33. The van der Waals surface area contributed by atoms with Gasteiger partial charge in [-0.15, -0.1) is 0 Å². The number of hydrogen-bond donors (Lipinski definition) is 0. The summed E-state index contributed by atoms with van der Waals surface area (Å²) in [5, 5.41) is 0. The van der Waals surface area contributed by atoms with Crippen molar-refractivity contribution in [3.8, 4) is 11.5 Å². The first-order valence-electron chi connectivity index (χ1n) is 9.50. The molecule has 0 spiro atoms. The second kappa shape index (κ2) is 8.78. The average Bonchev–Trinajstić information content (AvgIpc) is 2.78. The molecule has 4 rings (SSSR count). The standard InChI is InChI=1S/C24H19F2NO3/c25-20-10-8-18(15-21(20)26)24(28)27(12-4-7-17-5-2-1-3-6-17)19-9-11-22-23(16-19)30-14-13-29-22/h1-11,15-16H,12-14H2/b7-4-. The van der Waals surface area contributed by atoms with E-state index in [1.54, 1.807) is 18.2 Å². The van der Waals surface area contributed by atoms with E-state index in [9.17, 15) is 13.6 Å². The molecule has 3 aromatic carbocycles. The van der Waals surface area contributed by atoms with E-state index in [0.29, 0.717) is 30.4 Å². The molecule has 0 fully saturated rings. The molecule has 0 aromatic heterocycles. The Bertz CT molecular complexity index is 1080. The van der Waals surface area contributed by atoms with E-state index < -0.39 is 17.5 Å². The lowest BCUT2D eigenvalue weighted by molar-refractivity contribution is 0.0989. The third-order valence-electron chi connectivity index (χ3n) is 4.65. The molecular formula is C24H19F2NO3. The zero-order valence-corrected chi connectivity index (χ0v) is 16.1. The number of amides is 1. The molecule has 0 bridgehead atoms. The van der Waals surface area contributed by atoms with Crippen molar-refractivity contribution in [1.82, 2.24) is 0 Å². The number of benzene rings is 3. The highest BCUT2D eigenvalue weighted by molar-refractivity contribution is 6.06. The van der Waals surface area contributed by atoms with Crippen LogP contribution in [-0.4, -0.2) is 25.7 Å². The summed E-state index contributed by atoms with van der Waals surface area (Å²) in [6.45, 7) is 1.11. The van der Waals surface area contributed by atoms with Gasteiger partial charge in [-0.2, -0.15) is 0 Å². The van der Waals surface area contributed by atoms with Crippen LogP contribution < -0.4 is 14.4 Å². The Labute approximate surface area is 173 Å². The lowest BCUT2D eigenvalue weighted by atomic mass is 10.1. The van der Waals surface area contributed by atoms with Gasteiger partial charge in [0, 0.05) is 23.9 Å². The molecule has 0 N–H and O–H groups in total. The number of nitrogens with zero attached hydrogens (tertiary/aromatic N) is 1. The Morgan fingerprint density at radius 1 is 0.900 bits per heavy atom. The summed E-state index contributed by atoms with van der Waals surface area (Å²) in [7, 11) is 0. The molecule has 152 valence electrons. The third-order valence-corrected chi connectivity index (χ3v) is 4.65. The molecule has 0 atom stereocenters. The molecule has 1 heterocycles. The fraction of sp³-hybridized carbons (Fsp3) is 0.125. The maximum Gasteiger partial charge on any atom is 0.258 e. The molecule has 4 nitrogen and oxygen atoms in total. The van der Waals surface area contributed by atoms with E-state index >= 15 is 0 Å². The molecule has 0 aliphatic carbocycles. The summed E-state index contributed by atoms with van der Waals surface area (Å²) in [5.74, 6) is -1.38. The quantitative estimate of drug-likeness (QED) is 0.591. The van der Waals surface area contributed by atoms with Crippen LogP contribution in [0.1, 0.15) is 15.9 Å². The number of carbonyl (C=O) groups excluding carboxylic acids is 1. The van der Waals surface area contributed by atoms with Crippen molar-refractivity contribution >= 4 is 17.7 Å². The van der Waals surface area contributed by atoms with Gasteiger partial charge < -0.3 is 14.4 Å². The smallest absolute Gasteiger partial charge is 0.258 e. The minimum atomic E-state index is -1.07. The van der Waals surface area contributed by atoms with E-state index in [1.807, 2.05) is 42.5 Å². The van der Waals surface area contributed by atoms with Gasteiger partial charge in [-0.25, -0.2) is 8.78 Å². The van der Waals surface area contributed by atoms with Gasteiger partial charge in [-0.3, -0.25) is 4.79 Å². The number of carbonyl (C=O) groups is 1. The van der Waals surface area contributed by atoms with Crippen LogP contribution in [0, 0.1) is 11.6 Å². The maximum atomic E-state index is 13.7. The predicted molar refractivity (Wildman–Crippen MR) is 111 cm³/mol. The van der Waals surface area contributed by atoms with Crippen molar-refractivity contribution in [3.05, 3.63) is 95.6 Å². The van der Waals surface area contributed by atoms with Crippen molar-refractivity contribution in [1.29, 1.82) is 0 Å². The van der Waals surface area contributed by atoms with Crippen LogP contribution in [0.25, 0.3) is 6.08 Å². The lowest BCUT2D eigenvalue weighted by Crippen LogP contribution is -2.31. The molecule has 1 amide bonds. The predicted octanol–water partition coefficient (Wildman–Crippen LogP) is 5.10. The normalized spacial score (nSPS) is 12.7. The van der Waals surface area contributed by atoms with Gasteiger partial charge in [-0.05, 0) is 35.9 Å². The zero-order chi connectivity index (χ0) is 20.9. The molecule has 1 aliphatic heterocycles. The number of halogens is 2. The minimum Gasteiger partial charge on any atom is -0.486 e. The number of hydrogen-bond acceptors (Lipinski definition) is 3. The SMILES string of the molecule is O=C(c1ccc(F)c(F)c1)N(C/C=C\c1ccccc1)c1ccc2c(c1)OCCO2. The zero-order valence-electron chi connectivity index (χ0n) is 16.1. The van der Waals surface area contributed by atoms with Gasteiger partial charge in [0.25, 0.3) is 5.91 Å². The second-order valence-corrected chi connectivity index (χ2v) is 6.69. The average molecular weight is 407 g/mol. The molecule has 3 aromatic rings. The van der Waals surface area contributed by atoms with Crippen LogP contribution in [0.3, 0.4) is 0 Å². The van der Waals surface area contributed by atoms with Crippen molar-refractivity contribution in [3.63, 3.8) is 0 Å². The van der Waals surface area contributed by atoms with Crippen LogP contribution in [0.2, 0.25) is 0 Å². The molecule has 6 heteroatoms. The first kappa shape index (κ1) is 19.6. The van der Waals surface area contributed by atoms with E-state index in [4.69, 9.17) is 9.47 Å². The summed E-state index contributed by atoms with van der Waals surface area (Å²) in [5.41, 5.74) is 1.60. The Morgan fingerprint density at radius 2 is 1.67 bits per heavy atom. The summed E-state index contributed by atoms with van der Waals surface area (Å²) in [6, 6.07) is 18.0. The monoisotopic (exact) mass is 407 g/mol. The van der Waals surface area contributed by atoms with Gasteiger partial charge in [0.15, 0.2) is 23.1 Å². The summed E-state index contributed by atoms with van der Waals surface area (Å²) in [6.07, 6.45) is 3.73. The highest BCUT2D eigenvalue weighted by atomic mass is 19.2. The van der Waals surface area contributed by atoms with Gasteiger partial charge in [0.1, 0.15) is 13.2 Å². The highest BCUT2D eigenvalue weighted by Gasteiger charge is 2.21. The van der Waals surface area contributed by atoms with Gasteiger partial charge in [-0.1, -0.05) is 42.5 Å². The second-order valence-electron chi connectivity index (χ2n) is 6.69. The Kier molecular flexibility index (Phi) is 5.75. The molecule has 0 saturated heterocycles. The summed E-state index contributed by atoms with van der Waals surface area (Å²) in [4.78, 5) is 14.6.